The highest BCUT2D eigenvalue weighted by atomic mass is 16.3. The molecule has 5 nitrogen and oxygen atoms in total. The van der Waals surface area contributed by atoms with E-state index in [1.165, 1.54) is 0 Å². The van der Waals surface area contributed by atoms with Gasteiger partial charge in [-0.25, -0.2) is 0 Å². The van der Waals surface area contributed by atoms with Crippen LogP contribution in [0.25, 0.3) is 0 Å². The zero-order valence-corrected chi connectivity index (χ0v) is 15.0. The minimum Gasteiger partial charge on any atom is -0.507 e. The number of benzene rings is 1. The SMILES string of the molecule is CC(C)C(=O)N1CCC(NC(=O)c2cc(C(C)C)ccc2O)CC1. The van der Waals surface area contributed by atoms with E-state index in [2.05, 4.69) is 19.2 Å². The van der Waals surface area contributed by atoms with Crippen LogP contribution in [-0.2, 0) is 4.79 Å². The van der Waals surface area contributed by atoms with Crippen molar-refractivity contribution in [2.45, 2.75) is 52.5 Å². The van der Waals surface area contributed by atoms with Crippen LogP contribution in [0.1, 0.15) is 62.4 Å². The summed E-state index contributed by atoms with van der Waals surface area (Å²) in [4.78, 5) is 26.3. The number of rotatable bonds is 4. The van der Waals surface area contributed by atoms with Gasteiger partial charge in [-0.3, -0.25) is 9.59 Å². The molecule has 1 saturated heterocycles. The third-order valence-corrected chi connectivity index (χ3v) is 4.57. The number of aromatic hydroxyl groups is 1. The summed E-state index contributed by atoms with van der Waals surface area (Å²) < 4.78 is 0. The van der Waals surface area contributed by atoms with Crippen molar-refractivity contribution in [2.24, 2.45) is 5.92 Å². The van der Waals surface area contributed by atoms with Crippen molar-refractivity contribution in [3.05, 3.63) is 29.3 Å². The number of phenols is 1. The van der Waals surface area contributed by atoms with Crippen LogP contribution in [0.15, 0.2) is 18.2 Å². The second-order valence-electron chi connectivity index (χ2n) is 7.16. The smallest absolute Gasteiger partial charge is 0.255 e. The van der Waals surface area contributed by atoms with Crippen molar-refractivity contribution < 1.29 is 14.7 Å². The summed E-state index contributed by atoms with van der Waals surface area (Å²) in [5.74, 6) is 0.226. The molecule has 0 radical (unpaired) electrons. The topological polar surface area (TPSA) is 69.6 Å². The van der Waals surface area contributed by atoms with Gasteiger partial charge in [0.1, 0.15) is 5.75 Å². The average Bonchev–Trinajstić information content (AvgIpc) is 2.54. The van der Waals surface area contributed by atoms with Gasteiger partial charge in [0.15, 0.2) is 0 Å². The molecule has 1 aromatic rings. The Kier molecular flexibility index (Phi) is 5.86. The Balaban J connectivity index is 1.97. The second-order valence-corrected chi connectivity index (χ2v) is 7.16. The van der Waals surface area contributed by atoms with Gasteiger partial charge in [0.25, 0.3) is 5.91 Å². The third-order valence-electron chi connectivity index (χ3n) is 4.57. The molecule has 0 unspecified atom stereocenters. The number of nitrogens with zero attached hydrogens (tertiary/aromatic N) is 1. The number of phenolic OH excluding ortho intramolecular Hbond substituents is 1. The highest BCUT2D eigenvalue weighted by Crippen LogP contribution is 2.24. The van der Waals surface area contributed by atoms with Gasteiger partial charge in [0.2, 0.25) is 5.91 Å². The molecule has 2 rings (SSSR count). The van der Waals surface area contributed by atoms with E-state index in [1.54, 1.807) is 12.1 Å². The summed E-state index contributed by atoms with van der Waals surface area (Å²) >= 11 is 0. The Bertz CT molecular complexity index is 603. The van der Waals surface area contributed by atoms with E-state index < -0.39 is 0 Å². The van der Waals surface area contributed by atoms with Gasteiger partial charge in [0, 0.05) is 25.0 Å². The fraction of sp³-hybridized carbons (Fsp3) is 0.579. The lowest BCUT2D eigenvalue weighted by Gasteiger charge is -2.33. The number of likely N-dealkylation sites (tertiary alicyclic amines) is 1. The lowest BCUT2D eigenvalue weighted by atomic mass is 9.99. The molecule has 0 bridgehead atoms. The molecule has 1 aliphatic heterocycles. The molecule has 2 N–H and O–H groups in total. The number of hydrogen-bond donors (Lipinski definition) is 2. The lowest BCUT2D eigenvalue weighted by Crippen LogP contribution is -2.47. The van der Waals surface area contributed by atoms with Crippen molar-refractivity contribution in [2.75, 3.05) is 13.1 Å². The summed E-state index contributed by atoms with van der Waals surface area (Å²) in [6, 6.07) is 5.21. The monoisotopic (exact) mass is 332 g/mol. The van der Waals surface area contributed by atoms with Crippen molar-refractivity contribution in [1.82, 2.24) is 10.2 Å². The number of piperidine rings is 1. The maximum absolute atomic E-state index is 12.5. The number of carbonyl (C=O) groups is 2. The van der Waals surface area contributed by atoms with Crippen LogP contribution in [-0.4, -0.2) is 41.0 Å². The highest BCUT2D eigenvalue weighted by molar-refractivity contribution is 5.97. The van der Waals surface area contributed by atoms with Crippen LogP contribution in [0.3, 0.4) is 0 Å². The van der Waals surface area contributed by atoms with Gasteiger partial charge in [0.05, 0.1) is 5.56 Å². The van der Waals surface area contributed by atoms with Crippen LogP contribution in [0.4, 0.5) is 0 Å². The molecule has 24 heavy (non-hydrogen) atoms. The summed E-state index contributed by atoms with van der Waals surface area (Å²) in [5.41, 5.74) is 1.34. The zero-order chi connectivity index (χ0) is 17.9. The number of amides is 2. The molecule has 1 aromatic carbocycles. The van der Waals surface area contributed by atoms with E-state index in [4.69, 9.17) is 0 Å². The standard InChI is InChI=1S/C19H28N2O3/c1-12(2)14-5-6-17(22)16(11-14)18(23)20-15-7-9-21(10-8-15)19(24)13(3)4/h5-6,11-13,15,22H,7-10H2,1-4H3,(H,20,23). The van der Waals surface area contributed by atoms with E-state index in [1.807, 2.05) is 24.8 Å². The molecule has 0 aromatic heterocycles. The Morgan fingerprint density at radius 2 is 1.79 bits per heavy atom. The summed E-state index contributed by atoms with van der Waals surface area (Å²) in [7, 11) is 0. The van der Waals surface area contributed by atoms with Crippen LogP contribution in [0.2, 0.25) is 0 Å². The van der Waals surface area contributed by atoms with Crippen molar-refractivity contribution in [3.63, 3.8) is 0 Å². The zero-order valence-electron chi connectivity index (χ0n) is 15.0. The van der Waals surface area contributed by atoms with Gasteiger partial charge < -0.3 is 15.3 Å². The molecule has 0 saturated carbocycles. The first kappa shape index (κ1) is 18.3. The van der Waals surface area contributed by atoms with E-state index >= 15 is 0 Å². The predicted molar refractivity (Wildman–Crippen MR) is 94.1 cm³/mol. The van der Waals surface area contributed by atoms with Crippen LogP contribution < -0.4 is 5.32 Å². The Morgan fingerprint density at radius 1 is 1.17 bits per heavy atom. The van der Waals surface area contributed by atoms with Gasteiger partial charge in [-0.1, -0.05) is 33.8 Å². The average molecular weight is 332 g/mol. The normalized spacial score (nSPS) is 15.8. The van der Waals surface area contributed by atoms with E-state index in [0.29, 0.717) is 24.6 Å². The highest BCUT2D eigenvalue weighted by Gasteiger charge is 2.26. The predicted octanol–water partition coefficient (Wildman–Crippen LogP) is 2.89. The second kappa shape index (κ2) is 7.69. The lowest BCUT2D eigenvalue weighted by molar-refractivity contribution is -0.135. The van der Waals surface area contributed by atoms with Crippen LogP contribution >= 0.6 is 0 Å². The quantitative estimate of drug-likeness (QED) is 0.891. The number of hydrogen-bond acceptors (Lipinski definition) is 3. The van der Waals surface area contributed by atoms with Gasteiger partial charge in [-0.15, -0.1) is 0 Å². The molecule has 0 spiro atoms. The Hall–Kier alpha value is -2.04. The number of nitrogens with one attached hydrogen (secondary N) is 1. The first-order valence-electron chi connectivity index (χ1n) is 8.72. The molecule has 2 amide bonds. The summed E-state index contributed by atoms with van der Waals surface area (Å²) in [6.07, 6.45) is 1.49. The molecule has 1 heterocycles. The van der Waals surface area contributed by atoms with E-state index in [-0.39, 0.29) is 29.5 Å². The van der Waals surface area contributed by atoms with Crippen molar-refractivity contribution in [3.8, 4) is 5.75 Å². The maximum Gasteiger partial charge on any atom is 0.255 e. The molecular weight excluding hydrogens is 304 g/mol. The molecule has 0 atom stereocenters. The Morgan fingerprint density at radius 3 is 2.33 bits per heavy atom. The third kappa shape index (κ3) is 4.28. The molecule has 0 aliphatic carbocycles. The molecule has 1 fully saturated rings. The summed E-state index contributed by atoms with van der Waals surface area (Å²) in [6.45, 7) is 9.24. The van der Waals surface area contributed by atoms with Gasteiger partial charge in [-0.05, 0) is 36.5 Å². The van der Waals surface area contributed by atoms with Crippen molar-refractivity contribution >= 4 is 11.8 Å². The van der Waals surface area contributed by atoms with E-state index in [0.717, 1.165) is 18.4 Å². The molecule has 5 heteroatoms. The first-order chi connectivity index (χ1) is 11.3. The van der Waals surface area contributed by atoms with Gasteiger partial charge in [-0.2, -0.15) is 0 Å². The maximum atomic E-state index is 12.5. The van der Waals surface area contributed by atoms with Crippen molar-refractivity contribution in [1.29, 1.82) is 0 Å². The minimum absolute atomic E-state index is 0.00400. The fourth-order valence-electron chi connectivity index (χ4n) is 2.97. The fourth-order valence-corrected chi connectivity index (χ4v) is 2.97. The summed E-state index contributed by atoms with van der Waals surface area (Å²) in [5, 5.41) is 13.0. The largest absolute Gasteiger partial charge is 0.507 e. The molecule has 132 valence electrons. The number of carbonyl (C=O) groups excluding carboxylic acids is 2. The van der Waals surface area contributed by atoms with E-state index in [9.17, 15) is 14.7 Å². The van der Waals surface area contributed by atoms with Gasteiger partial charge >= 0.3 is 0 Å². The Labute approximate surface area is 144 Å². The minimum atomic E-state index is -0.247. The first-order valence-corrected chi connectivity index (χ1v) is 8.72. The molecular formula is C19H28N2O3. The van der Waals surface area contributed by atoms with Crippen LogP contribution in [0, 0.1) is 5.92 Å². The van der Waals surface area contributed by atoms with Crippen LogP contribution in [0.5, 0.6) is 5.75 Å². The molecule has 1 aliphatic rings.